The molecule has 1 atom stereocenters. The Hall–Kier alpha value is -3.24. The number of Topliss-reactive ketones (excluding diaryl/α,β-unsaturated/α-hetero) is 1. The number of ketones is 1. The number of benzene rings is 2. The van der Waals surface area contributed by atoms with Gasteiger partial charge in [0.25, 0.3) is 11.6 Å². The van der Waals surface area contributed by atoms with Gasteiger partial charge in [0.05, 0.1) is 29.9 Å². The number of nitro benzene ring substituents is 1. The number of ether oxygens (including phenoxy) is 2. The van der Waals surface area contributed by atoms with Crippen molar-refractivity contribution in [1.29, 1.82) is 0 Å². The van der Waals surface area contributed by atoms with Crippen LogP contribution in [-0.4, -0.2) is 36.9 Å². The first-order valence-corrected chi connectivity index (χ1v) is 9.01. The first kappa shape index (κ1) is 23.0. The minimum atomic E-state index is -1.56. The van der Waals surface area contributed by atoms with Crippen LogP contribution in [0, 0.1) is 10.1 Å². The summed E-state index contributed by atoms with van der Waals surface area (Å²) in [4.78, 5) is 35.0. The zero-order valence-corrected chi connectivity index (χ0v) is 17.5. The van der Waals surface area contributed by atoms with Gasteiger partial charge >= 0.3 is 0 Å². The summed E-state index contributed by atoms with van der Waals surface area (Å²) >= 11 is 11.8. The van der Waals surface area contributed by atoms with Crippen molar-refractivity contribution in [2.45, 2.75) is 13.0 Å². The van der Waals surface area contributed by atoms with E-state index < -0.39 is 28.3 Å². The topological polar surface area (TPSA) is 132 Å². The second-order valence-electron chi connectivity index (χ2n) is 5.80. The summed E-state index contributed by atoms with van der Waals surface area (Å²) < 4.78 is 10.3. The minimum absolute atomic E-state index is 0.130. The van der Waals surface area contributed by atoms with Gasteiger partial charge in [0, 0.05) is 23.2 Å². The molecule has 0 aliphatic rings. The SMILES string of the molecule is COc1cc(NC(=O)C(N=Nc2ccc(Cl)cc2[N+](=O)[O-])C(C)=O)c(OC)cc1Cl. The maximum Gasteiger partial charge on any atom is 0.298 e. The van der Waals surface area contributed by atoms with E-state index in [0.717, 1.165) is 13.0 Å². The van der Waals surface area contributed by atoms with Crippen LogP contribution in [-0.2, 0) is 9.59 Å². The highest BCUT2D eigenvalue weighted by atomic mass is 35.5. The molecular weight excluding hydrogens is 439 g/mol. The molecule has 2 rings (SSSR count). The third-order valence-corrected chi connectivity index (χ3v) is 4.31. The fourth-order valence-corrected chi connectivity index (χ4v) is 2.72. The fourth-order valence-electron chi connectivity index (χ4n) is 2.32. The second-order valence-corrected chi connectivity index (χ2v) is 6.64. The highest BCUT2D eigenvalue weighted by molar-refractivity contribution is 6.32. The van der Waals surface area contributed by atoms with Crippen molar-refractivity contribution in [2.75, 3.05) is 19.5 Å². The van der Waals surface area contributed by atoms with Crippen LogP contribution >= 0.6 is 23.2 Å². The Balaban J connectivity index is 2.34. The van der Waals surface area contributed by atoms with Gasteiger partial charge in [0.1, 0.15) is 11.5 Å². The number of halogens is 2. The van der Waals surface area contributed by atoms with Crippen LogP contribution < -0.4 is 14.8 Å². The van der Waals surface area contributed by atoms with E-state index in [4.69, 9.17) is 32.7 Å². The summed E-state index contributed by atoms with van der Waals surface area (Å²) in [5.74, 6) is -0.967. The van der Waals surface area contributed by atoms with E-state index in [2.05, 4.69) is 15.5 Å². The van der Waals surface area contributed by atoms with Gasteiger partial charge in [-0.25, -0.2) is 0 Å². The zero-order chi connectivity index (χ0) is 22.4. The Bertz CT molecular complexity index is 1030. The Labute approximate surface area is 180 Å². The Morgan fingerprint density at radius 1 is 1.13 bits per heavy atom. The summed E-state index contributed by atoms with van der Waals surface area (Å²) in [6.45, 7) is 1.14. The minimum Gasteiger partial charge on any atom is -0.495 e. The van der Waals surface area contributed by atoms with Crippen molar-refractivity contribution in [2.24, 2.45) is 10.2 Å². The lowest BCUT2D eigenvalue weighted by Crippen LogP contribution is -2.32. The zero-order valence-electron chi connectivity index (χ0n) is 16.0. The Kier molecular flexibility index (Phi) is 7.67. The van der Waals surface area contributed by atoms with Gasteiger partial charge < -0.3 is 14.8 Å². The molecule has 0 saturated heterocycles. The molecule has 0 aromatic heterocycles. The summed E-state index contributed by atoms with van der Waals surface area (Å²) in [6, 6.07) is 4.99. The van der Waals surface area contributed by atoms with Gasteiger partial charge in [-0.15, -0.1) is 5.11 Å². The number of anilines is 1. The van der Waals surface area contributed by atoms with Crippen LogP contribution in [0.2, 0.25) is 10.0 Å². The first-order chi connectivity index (χ1) is 14.2. The molecular formula is C18H16Cl2N4O6. The maximum atomic E-state index is 12.6. The Morgan fingerprint density at radius 3 is 2.37 bits per heavy atom. The first-order valence-electron chi connectivity index (χ1n) is 8.25. The predicted octanol–water partition coefficient (Wildman–Crippen LogP) is 4.60. The molecule has 0 heterocycles. The van der Waals surface area contributed by atoms with Crippen LogP contribution in [0.4, 0.5) is 17.1 Å². The molecule has 1 N–H and O–H groups in total. The van der Waals surface area contributed by atoms with Crippen molar-refractivity contribution in [3.05, 3.63) is 50.5 Å². The quantitative estimate of drug-likeness (QED) is 0.268. The van der Waals surface area contributed by atoms with Gasteiger partial charge in [0.2, 0.25) is 6.04 Å². The largest absolute Gasteiger partial charge is 0.495 e. The number of carbonyl (C=O) groups is 2. The molecule has 1 unspecified atom stereocenters. The third-order valence-electron chi connectivity index (χ3n) is 3.78. The van der Waals surface area contributed by atoms with Gasteiger partial charge in [0.15, 0.2) is 11.5 Å². The van der Waals surface area contributed by atoms with Crippen LogP contribution in [0.15, 0.2) is 40.6 Å². The summed E-state index contributed by atoms with van der Waals surface area (Å²) in [7, 11) is 2.76. The van der Waals surface area contributed by atoms with Gasteiger partial charge in [-0.2, -0.15) is 5.11 Å². The Morgan fingerprint density at radius 2 is 1.80 bits per heavy atom. The molecule has 158 valence electrons. The summed E-state index contributed by atoms with van der Waals surface area (Å²) in [5.41, 5.74) is -0.394. The van der Waals surface area contributed by atoms with Crippen LogP contribution in [0.3, 0.4) is 0 Å². The highest BCUT2D eigenvalue weighted by Crippen LogP contribution is 2.36. The summed E-state index contributed by atoms with van der Waals surface area (Å²) in [6.07, 6.45) is 0. The lowest BCUT2D eigenvalue weighted by molar-refractivity contribution is -0.384. The van der Waals surface area contributed by atoms with E-state index in [1.54, 1.807) is 0 Å². The molecule has 0 bridgehead atoms. The molecule has 12 heteroatoms. The number of rotatable bonds is 8. The van der Waals surface area contributed by atoms with E-state index in [-0.39, 0.29) is 32.9 Å². The van der Waals surface area contributed by atoms with Crippen molar-refractivity contribution in [3.63, 3.8) is 0 Å². The number of nitrogens with zero attached hydrogens (tertiary/aromatic N) is 3. The smallest absolute Gasteiger partial charge is 0.298 e. The number of azo groups is 1. The highest BCUT2D eigenvalue weighted by Gasteiger charge is 2.25. The number of methoxy groups -OCH3 is 2. The molecule has 30 heavy (non-hydrogen) atoms. The maximum absolute atomic E-state index is 12.6. The predicted molar refractivity (Wildman–Crippen MR) is 110 cm³/mol. The fraction of sp³-hybridized carbons (Fsp3) is 0.222. The van der Waals surface area contributed by atoms with Gasteiger partial charge in [-0.3, -0.25) is 19.7 Å². The van der Waals surface area contributed by atoms with E-state index >= 15 is 0 Å². The van der Waals surface area contributed by atoms with Crippen molar-refractivity contribution in [3.8, 4) is 11.5 Å². The number of hydrogen-bond acceptors (Lipinski definition) is 8. The molecule has 0 spiro atoms. The molecule has 2 aromatic rings. The van der Waals surface area contributed by atoms with Crippen LogP contribution in [0.25, 0.3) is 0 Å². The molecule has 0 fully saturated rings. The molecule has 1 amide bonds. The molecule has 0 radical (unpaired) electrons. The molecule has 10 nitrogen and oxygen atoms in total. The van der Waals surface area contributed by atoms with E-state index in [9.17, 15) is 19.7 Å². The molecule has 0 aliphatic carbocycles. The molecule has 0 aliphatic heterocycles. The summed E-state index contributed by atoms with van der Waals surface area (Å²) in [5, 5.41) is 21.4. The normalized spacial score (nSPS) is 11.8. The number of hydrogen-bond donors (Lipinski definition) is 1. The average molecular weight is 455 g/mol. The number of nitro groups is 1. The lowest BCUT2D eigenvalue weighted by Gasteiger charge is -2.14. The molecule has 0 saturated carbocycles. The molecule has 2 aromatic carbocycles. The van der Waals surface area contributed by atoms with Crippen molar-refractivity contribution < 1.29 is 24.0 Å². The third kappa shape index (κ3) is 5.43. The lowest BCUT2D eigenvalue weighted by atomic mass is 10.2. The second kappa shape index (κ2) is 9.99. The van der Waals surface area contributed by atoms with E-state index in [1.165, 1.54) is 38.5 Å². The van der Waals surface area contributed by atoms with Gasteiger partial charge in [-0.1, -0.05) is 23.2 Å². The van der Waals surface area contributed by atoms with Crippen molar-refractivity contribution in [1.82, 2.24) is 0 Å². The van der Waals surface area contributed by atoms with Crippen molar-refractivity contribution >= 4 is 52.0 Å². The van der Waals surface area contributed by atoms with Gasteiger partial charge in [-0.05, 0) is 19.1 Å². The van der Waals surface area contributed by atoms with E-state index in [1.807, 2.05) is 0 Å². The average Bonchev–Trinajstić information content (AvgIpc) is 2.69. The van der Waals surface area contributed by atoms with Crippen LogP contribution in [0.1, 0.15) is 6.92 Å². The van der Waals surface area contributed by atoms with Crippen LogP contribution in [0.5, 0.6) is 11.5 Å². The number of carbonyl (C=O) groups excluding carboxylic acids is 2. The number of nitrogens with one attached hydrogen (secondary N) is 1. The standard InChI is InChI=1S/C18H16Cl2N4O6/c1-9(25)17(23-22-12-5-4-10(19)6-14(12)24(27)28)18(26)21-13-8-15(29-2)11(20)7-16(13)30-3/h4-8,17H,1-3H3,(H,21,26). The van der Waals surface area contributed by atoms with E-state index in [0.29, 0.717) is 0 Å². The number of amides is 1. The monoisotopic (exact) mass is 454 g/mol.